The van der Waals surface area contributed by atoms with E-state index in [1.165, 1.54) is 9.36 Å². The number of rotatable bonds is 0. The van der Waals surface area contributed by atoms with E-state index in [0.717, 1.165) is 0 Å². The van der Waals surface area contributed by atoms with Crippen LogP contribution in [0.3, 0.4) is 0 Å². The third kappa shape index (κ3) is 1.31. The second-order valence-corrected chi connectivity index (χ2v) is 3.47. The lowest BCUT2D eigenvalue weighted by molar-refractivity contribution is 0.336. The van der Waals surface area contributed by atoms with Crippen LogP contribution in [0.4, 0.5) is 0 Å². The van der Waals surface area contributed by atoms with Crippen LogP contribution in [-0.4, -0.2) is 19.8 Å². The number of nitrogens with zero attached hydrogens (tertiary/aromatic N) is 4. The molecule has 11 heavy (non-hydrogen) atoms. The molecule has 0 radical (unpaired) electrons. The summed E-state index contributed by atoms with van der Waals surface area (Å²) in [6.07, 6.45) is 0. The molecule has 1 heterocycles. The Morgan fingerprint density at radius 2 is 1.82 bits per heavy atom. The van der Waals surface area contributed by atoms with Gasteiger partial charge in [-0.3, -0.25) is 0 Å². The molecule has 0 aliphatic carbocycles. The lowest BCUT2D eigenvalue weighted by atomic mass is 10.1. The van der Waals surface area contributed by atoms with Gasteiger partial charge in [0.2, 0.25) is 0 Å². The highest BCUT2D eigenvalue weighted by molar-refractivity contribution is 4.70. The average Bonchev–Trinajstić information content (AvgIpc) is 2.11. The Morgan fingerprint density at radius 3 is 2.00 bits per heavy atom. The highest BCUT2D eigenvalue weighted by Crippen LogP contribution is 2.06. The highest BCUT2D eigenvalue weighted by Gasteiger charge is 2.18. The van der Waals surface area contributed by atoms with Gasteiger partial charge in [-0.05, 0) is 31.2 Å². The first kappa shape index (κ1) is 7.97. The Bertz CT molecular complexity index is 303. The van der Waals surface area contributed by atoms with Crippen molar-refractivity contribution < 1.29 is 0 Å². The van der Waals surface area contributed by atoms with E-state index in [2.05, 4.69) is 10.4 Å². The number of hydrogen-bond donors (Lipinski definition) is 0. The van der Waals surface area contributed by atoms with Crippen LogP contribution in [0.15, 0.2) is 4.79 Å². The maximum absolute atomic E-state index is 11.2. The summed E-state index contributed by atoms with van der Waals surface area (Å²) >= 11 is 0. The molecule has 0 amide bonds. The molecule has 0 fully saturated rings. The number of aryl methyl sites for hydroxylation is 1. The summed E-state index contributed by atoms with van der Waals surface area (Å²) in [7, 11) is 1.58. The zero-order chi connectivity index (χ0) is 8.65. The summed E-state index contributed by atoms with van der Waals surface area (Å²) in [6, 6.07) is 0. The lowest BCUT2D eigenvalue weighted by Crippen LogP contribution is -2.35. The highest BCUT2D eigenvalue weighted by atomic mass is 16.2. The number of aromatic nitrogens is 4. The molecule has 1 aromatic heterocycles. The van der Waals surface area contributed by atoms with Crippen LogP contribution in [0.1, 0.15) is 20.8 Å². The van der Waals surface area contributed by atoms with Crippen molar-refractivity contribution in [1.29, 1.82) is 0 Å². The fraction of sp³-hybridized carbons (Fsp3) is 0.833. The van der Waals surface area contributed by atoms with Gasteiger partial charge in [0.25, 0.3) is 0 Å². The molecule has 62 valence electrons. The largest absolute Gasteiger partial charge is 0.363 e. The normalized spacial score (nSPS) is 12.0. The molecule has 0 aromatic carbocycles. The van der Waals surface area contributed by atoms with Crippen LogP contribution in [-0.2, 0) is 12.6 Å². The molecular weight excluding hydrogens is 144 g/mol. The number of tetrazole rings is 1. The van der Waals surface area contributed by atoms with Crippen molar-refractivity contribution in [2.24, 2.45) is 7.05 Å². The monoisotopic (exact) mass is 156 g/mol. The zero-order valence-corrected chi connectivity index (χ0v) is 7.20. The first-order valence-electron chi connectivity index (χ1n) is 3.42. The fourth-order valence-electron chi connectivity index (χ4n) is 0.735. The second kappa shape index (κ2) is 2.18. The Balaban J connectivity index is 3.27. The van der Waals surface area contributed by atoms with Crippen molar-refractivity contribution in [2.45, 2.75) is 26.3 Å². The van der Waals surface area contributed by atoms with E-state index < -0.39 is 0 Å². The van der Waals surface area contributed by atoms with Crippen molar-refractivity contribution in [2.75, 3.05) is 0 Å². The molecule has 1 aromatic rings. The maximum atomic E-state index is 11.2. The van der Waals surface area contributed by atoms with Gasteiger partial charge in [0.1, 0.15) is 0 Å². The minimum absolute atomic E-state index is 0.183. The van der Waals surface area contributed by atoms with Gasteiger partial charge in [-0.25, -0.2) is 4.79 Å². The minimum atomic E-state index is -0.286. The van der Waals surface area contributed by atoms with Crippen LogP contribution in [0.25, 0.3) is 0 Å². The predicted octanol–water partition coefficient (Wildman–Crippen LogP) is -0.268. The van der Waals surface area contributed by atoms with Gasteiger partial charge in [-0.1, -0.05) is 0 Å². The molecule has 0 spiro atoms. The Morgan fingerprint density at radius 1 is 1.27 bits per heavy atom. The standard InChI is InChI=1S/C6H12N4O/c1-6(2,3)10-5(11)9(4)7-8-10/h1-4H3. The average molecular weight is 156 g/mol. The molecule has 1 rings (SSSR count). The summed E-state index contributed by atoms with van der Waals surface area (Å²) in [5.41, 5.74) is -0.469. The molecule has 5 heteroatoms. The second-order valence-electron chi connectivity index (χ2n) is 3.47. The van der Waals surface area contributed by atoms with Crippen LogP contribution in [0.5, 0.6) is 0 Å². The van der Waals surface area contributed by atoms with Gasteiger partial charge < -0.3 is 0 Å². The summed E-state index contributed by atoms with van der Waals surface area (Å²) < 4.78 is 2.57. The van der Waals surface area contributed by atoms with Gasteiger partial charge in [0.05, 0.1) is 5.54 Å². The van der Waals surface area contributed by atoms with Gasteiger partial charge in [-0.2, -0.15) is 9.36 Å². The van der Waals surface area contributed by atoms with E-state index in [0.29, 0.717) is 0 Å². The Labute approximate surface area is 64.6 Å². The fourth-order valence-corrected chi connectivity index (χ4v) is 0.735. The summed E-state index contributed by atoms with van der Waals surface area (Å²) in [6.45, 7) is 5.72. The summed E-state index contributed by atoms with van der Waals surface area (Å²) in [5.74, 6) is 0. The first-order valence-corrected chi connectivity index (χ1v) is 3.42. The topological polar surface area (TPSA) is 52.7 Å². The van der Waals surface area contributed by atoms with E-state index in [4.69, 9.17) is 0 Å². The zero-order valence-electron chi connectivity index (χ0n) is 7.20. The summed E-state index contributed by atoms with van der Waals surface area (Å²) in [4.78, 5) is 11.2. The van der Waals surface area contributed by atoms with Crippen molar-refractivity contribution in [1.82, 2.24) is 19.8 Å². The van der Waals surface area contributed by atoms with E-state index in [1.54, 1.807) is 7.05 Å². The third-order valence-corrected chi connectivity index (χ3v) is 1.36. The van der Waals surface area contributed by atoms with Crippen molar-refractivity contribution in [3.05, 3.63) is 10.5 Å². The quantitative estimate of drug-likeness (QED) is 0.519. The van der Waals surface area contributed by atoms with E-state index in [9.17, 15) is 4.79 Å². The molecule has 0 bridgehead atoms. The van der Waals surface area contributed by atoms with Crippen LogP contribution < -0.4 is 5.69 Å². The Kier molecular flexibility index (Phi) is 1.58. The molecule has 0 unspecified atom stereocenters. The van der Waals surface area contributed by atoms with Gasteiger partial charge >= 0.3 is 5.69 Å². The van der Waals surface area contributed by atoms with Crippen molar-refractivity contribution in [3.8, 4) is 0 Å². The van der Waals surface area contributed by atoms with E-state index in [1.807, 2.05) is 20.8 Å². The molecule has 0 N–H and O–H groups in total. The molecule has 0 saturated heterocycles. The van der Waals surface area contributed by atoms with Crippen LogP contribution in [0, 0.1) is 0 Å². The van der Waals surface area contributed by atoms with Crippen LogP contribution >= 0.6 is 0 Å². The first-order chi connectivity index (χ1) is 4.93. The lowest BCUT2D eigenvalue weighted by Gasteiger charge is -2.15. The molecule has 5 nitrogen and oxygen atoms in total. The van der Waals surface area contributed by atoms with Gasteiger partial charge in [0.15, 0.2) is 0 Å². The molecule has 0 aliphatic rings. The van der Waals surface area contributed by atoms with Crippen LogP contribution in [0.2, 0.25) is 0 Å². The van der Waals surface area contributed by atoms with E-state index >= 15 is 0 Å². The number of hydrogen-bond acceptors (Lipinski definition) is 3. The third-order valence-electron chi connectivity index (χ3n) is 1.36. The summed E-state index contributed by atoms with van der Waals surface area (Å²) in [5, 5.41) is 7.30. The maximum Gasteiger partial charge on any atom is 0.363 e. The van der Waals surface area contributed by atoms with E-state index in [-0.39, 0.29) is 11.2 Å². The predicted molar refractivity (Wildman–Crippen MR) is 40.3 cm³/mol. The Hall–Kier alpha value is -1.13. The SMILES string of the molecule is Cn1nnn(C(C)(C)C)c1=O. The molecule has 0 aliphatic heterocycles. The molecule has 0 atom stereocenters. The van der Waals surface area contributed by atoms with Crippen molar-refractivity contribution in [3.63, 3.8) is 0 Å². The molecular formula is C6H12N4O. The minimum Gasteiger partial charge on any atom is -0.244 e. The van der Waals surface area contributed by atoms with Gasteiger partial charge in [-0.15, -0.1) is 0 Å². The molecule has 0 saturated carbocycles. The van der Waals surface area contributed by atoms with Gasteiger partial charge in [0, 0.05) is 7.05 Å². The van der Waals surface area contributed by atoms with Crippen molar-refractivity contribution >= 4 is 0 Å². The smallest absolute Gasteiger partial charge is 0.244 e.